The van der Waals surface area contributed by atoms with Crippen LogP contribution in [-0.4, -0.2) is 59.8 Å². The predicted molar refractivity (Wildman–Crippen MR) is 136 cm³/mol. The lowest BCUT2D eigenvalue weighted by molar-refractivity contribution is -0.384. The van der Waals surface area contributed by atoms with Crippen LogP contribution in [-0.2, 0) is 4.79 Å². The monoisotopic (exact) mass is 508 g/mol. The van der Waals surface area contributed by atoms with E-state index in [4.69, 9.17) is 4.74 Å². The number of ether oxygens (including phenoxy) is 1. The van der Waals surface area contributed by atoms with Gasteiger partial charge in [0.05, 0.1) is 18.0 Å². The third-order valence-corrected chi connectivity index (χ3v) is 7.15. The van der Waals surface area contributed by atoms with Gasteiger partial charge in [0.15, 0.2) is 0 Å². The number of rotatable bonds is 7. The Labute approximate surface area is 215 Å². The summed E-state index contributed by atoms with van der Waals surface area (Å²) in [5.74, 6) is -0.350. The largest absolute Gasteiger partial charge is 0.497 e. The third-order valence-electron chi connectivity index (χ3n) is 7.15. The highest BCUT2D eigenvalue weighted by molar-refractivity contribution is 5.95. The molecule has 1 aliphatic heterocycles. The summed E-state index contributed by atoms with van der Waals surface area (Å²) in [5, 5.41) is 17.3. The zero-order chi connectivity index (χ0) is 26.4. The van der Waals surface area contributed by atoms with Crippen LogP contribution in [0.4, 0.5) is 5.69 Å². The van der Waals surface area contributed by atoms with Crippen molar-refractivity contribution in [1.29, 1.82) is 0 Å². The van der Waals surface area contributed by atoms with Crippen molar-refractivity contribution in [2.24, 2.45) is 5.92 Å². The van der Waals surface area contributed by atoms with Crippen molar-refractivity contribution >= 4 is 23.4 Å². The molecule has 1 aliphatic carbocycles. The number of nitrogens with zero attached hydrogens (tertiary/aromatic N) is 2. The maximum absolute atomic E-state index is 13.2. The van der Waals surface area contributed by atoms with Crippen LogP contribution >= 0.6 is 0 Å². The van der Waals surface area contributed by atoms with E-state index >= 15 is 0 Å². The molecule has 3 atom stereocenters. The number of non-ortho nitro benzene ring substituents is 1. The first-order chi connectivity index (χ1) is 17.9. The normalized spacial score (nSPS) is 21.5. The van der Waals surface area contributed by atoms with Crippen LogP contribution < -0.4 is 15.4 Å². The standard InChI is InChI=1S/C27H32N4O6/c1-37-22-13-11-18(12-14-22)25(32)28-23-9-2-3-10-24(23)29-26(33)20-7-5-15-30(17-20)27(34)19-6-4-8-21(16-19)31(35)36/h4,6,8,11-14,16,20,23-24H,2-3,5,7,9-10,15,17H2,1H3,(H,28,32)(H,29,33)/t20?,23-,24?/m1/s1. The number of hydrogen-bond donors (Lipinski definition) is 2. The molecule has 4 rings (SSSR count). The van der Waals surface area contributed by atoms with Crippen LogP contribution in [0.2, 0.25) is 0 Å². The molecule has 1 heterocycles. The van der Waals surface area contributed by atoms with Gasteiger partial charge in [-0.1, -0.05) is 18.9 Å². The van der Waals surface area contributed by atoms with Crippen molar-refractivity contribution in [2.75, 3.05) is 20.2 Å². The summed E-state index contributed by atoms with van der Waals surface area (Å²) in [6.07, 6.45) is 4.79. The van der Waals surface area contributed by atoms with Crippen LogP contribution in [0.5, 0.6) is 5.75 Å². The molecule has 0 radical (unpaired) electrons. The Balaban J connectivity index is 1.37. The molecular formula is C27H32N4O6. The summed E-state index contributed by atoms with van der Waals surface area (Å²) in [7, 11) is 1.57. The van der Waals surface area contributed by atoms with Gasteiger partial charge < -0.3 is 20.3 Å². The molecule has 0 aromatic heterocycles. The van der Waals surface area contributed by atoms with Gasteiger partial charge in [-0.2, -0.15) is 0 Å². The van der Waals surface area contributed by atoms with Gasteiger partial charge in [-0.25, -0.2) is 0 Å². The molecule has 2 aromatic carbocycles. The minimum atomic E-state index is -0.531. The number of nitrogens with one attached hydrogen (secondary N) is 2. The number of piperidine rings is 1. The minimum absolute atomic E-state index is 0.132. The number of hydrogen-bond acceptors (Lipinski definition) is 6. The first-order valence-corrected chi connectivity index (χ1v) is 12.6. The van der Waals surface area contributed by atoms with Crippen molar-refractivity contribution in [3.63, 3.8) is 0 Å². The summed E-state index contributed by atoms with van der Waals surface area (Å²) in [6.45, 7) is 0.748. The van der Waals surface area contributed by atoms with E-state index in [-0.39, 0.29) is 53.5 Å². The Morgan fingerprint density at radius 2 is 1.65 bits per heavy atom. The molecule has 10 nitrogen and oxygen atoms in total. The van der Waals surface area contributed by atoms with Gasteiger partial charge in [0.1, 0.15) is 5.75 Å². The summed E-state index contributed by atoms with van der Waals surface area (Å²) >= 11 is 0. The number of methoxy groups -OCH3 is 1. The molecule has 2 unspecified atom stereocenters. The number of carbonyl (C=O) groups excluding carboxylic acids is 3. The number of nitro benzene ring substituents is 1. The van der Waals surface area contributed by atoms with Gasteiger partial charge in [-0.15, -0.1) is 0 Å². The lowest BCUT2D eigenvalue weighted by Crippen LogP contribution is -2.55. The van der Waals surface area contributed by atoms with Gasteiger partial charge in [-0.3, -0.25) is 24.5 Å². The molecule has 3 amide bonds. The first kappa shape index (κ1) is 26.1. The lowest BCUT2D eigenvalue weighted by Gasteiger charge is -2.36. The topological polar surface area (TPSA) is 131 Å². The summed E-state index contributed by atoms with van der Waals surface area (Å²) in [4.78, 5) is 51.2. The number of benzene rings is 2. The Hall–Kier alpha value is -3.95. The number of carbonyl (C=O) groups is 3. The zero-order valence-corrected chi connectivity index (χ0v) is 20.9. The Morgan fingerprint density at radius 1 is 0.946 bits per heavy atom. The average Bonchev–Trinajstić information content (AvgIpc) is 2.93. The van der Waals surface area contributed by atoms with Crippen LogP contribution in [0.1, 0.15) is 59.2 Å². The fraction of sp³-hybridized carbons (Fsp3) is 0.444. The Kier molecular flexibility index (Phi) is 8.37. The van der Waals surface area contributed by atoms with Gasteiger partial charge in [0.2, 0.25) is 5.91 Å². The molecule has 37 heavy (non-hydrogen) atoms. The van der Waals surface area contributed by atoms with E-state index < -0.39 is 4.92 Å². The highest BCUT2D eigenvalue weighted by Gasteiger charge is 2.33. The average molecular weight is 509 g/mol. The molecule has 1 saturated heterocycles. The van der Waals surface area contributed by atoms with E-state index in [1.807, 2.05) is 0 Å². The highest BCUT2D eigenvalue weighted by Crippen LogP contribution is 2.24. The van der Waals surface area contributed by atoms with Crippen LogP contribution in [0.15, 0.2) is 48.5 Å². The van der Waals surface area contributed by atoms with E-state index in [0.29, 0.717) is 30.7 Å². The van der Waals surface area contributed by atoms with Gasteiger partial charge >= 0.3 is 0 Å². The van der Waals surface area contributed by atoms with Crippen molar-refractivity contribution in [3.8, 4) is 5.75 Å². The fourth-order valence-electron chi connectivity index (χ4n) is 5.08. The predicted octanol–water partition coefficient (Wildman–Crippen LogP) is 3.31. The number of amides is 3. The smallest absolute Gasteiger partial charge is 0.270 e. The molecule has 0 spiro atoms. The maximum atomic E-state index is 13.2. The molecule has 10 heteroatoms. The molecule has 196 valence electrons. The van der Waals surface area contributed by atoms with Crippen LogP contribution in [0.3, 0.4) is 0 Å². The molecule has 2 fully saturated rings. The maximum Gasteiger partial charge on any atom is 0.270 e. The fourth-order valence-corrected chi connectivity index (χ4v) is 5.08. The Bertz CT molecular complexity index is 1150. The van der Waals surface area contributed by atoms with Gasteiger partial charge in [-0.05, 0) is 56.0 Å². The molecule has 1 saturated carbocycles. The number of nitro groups is 1. The zero-order valence-electron chi connectivity index (χ0n) is 20.9. The summed E-state index contributed by atoms with van der Waals surface area (Å²) in [5.41, 5.74) is 0.625. The number of likely N-dealkylation sites (tertiary alicyclic amines) is 1. The molecule has 2 aliphatic rings. The van der Waals surface area contributed by atoms with Crippen LogP contribution in [0.25, 0.3) is 0 Å². The van der Waals surface area contributed by atoms with E-state index in [9.17, 15) is 24.5 Å². The van der Waals surface area contributed by atoms with Crippen molar-refractivity contribution in [2.45, 2.75) is 50.6 Å². The molecular weight excluding hydrogens is 476 g/mol. The lowest BCUT2D eigenvalue weighted by atomic mass is 9.88. The summed E-state index contributed by atoms with van der Waals surface area (Å²) < 4.78 is 5.15. The van der Waals surface area contributed by atoms with Crippen LogP contribution in [0, 0.1) is 16.0 Å². The molecule has 2 N–H and O–H groups in total. The van der Waals surface area contributed by atoms with E-state index in [2.05, 4.69) is 10.6 Å². The van der Waals surface area contributed by atoms with Crippen molar-refractivity contribution < 1.29 is 24.0 Å². The van der Waals surface area contributed by atoms with E-state index in [1.54, 1.807) is 42.3 Å². The first-order valence-electron chi connectivity index (χ1n) is 12.6. The van der Waals surface area contributed by atoms with E-state index in [1.165, 1.54) is 18.2 Å². The van der Waals surface area contributed by atoms with E-state index in [0.717, 1.165) is 25.7 Å². The van der Waals surface area contributed by atoms with Crippen molar-refractivity contribution in [3.05, 3.63) is 69.8 Å². The SMILES string of the molecule is COc1ccc(C(=O)N[C@@H]2CCCCC2NC(=O)C2CCCN(C(=O)c3cccc([N+](=O)[O-])c3)C2)cc1. The quantitative estimate of drug-likeness (QED) is 0.436. The highest BCUT2D eigenvalue weighted by atomic mass is 16.6. The second kappa shape index (κ2) is 11.9. The van der Waals surface area contributed by atoms with Gasteiger partial charge in [0.25, 0.3) is 17.5 Å². The second-order valence-electron chi connectivity index (χ2n) is 9.61. The third kappa shape index (κ3) is 6.44. The second-order valence-corrected chi connectivity index (χ2v) is 9.61. The van der Waals surface area contributed by atoms with Gasteiger partial charge in [0, 0.05) is 48.4 Å². The Morgan fingerprint density at radius 3 is 2.32 bits per heavy atom. The molecule has 2 aromatic rings. The molecule has 0 bridgehead atoms. The summed E-state index contributed by atoms with van der Waals surface area (Å²) in [6, 6.07) is 12.2. The van der Waals surface area contributed by atoms with Crippen molar-refractivity contribution in [1.82, 2.24) is 15.5 Å². The minimum Gasteiger partial charge on any atom is -0.497 e.